The van der Waals surface area contributed by atoms with Crippen LogP contribution >= 0.6 is 11.6 Å². The number of aliphatic hydroxyl groups excluding tert-OH is 1. The Morgan fingerprint density at radius 1 is 1.68 bits per heavy atom. The monoisotopic (exact) mass is 287 g/mol. The molecule has 0 aromatic carbocycles. The largest absolute Gasteiger partial charge is 0.387 e. The van der Waals surface area contributed by atoms with Crippen molar-refractivity contribution in [3.8, 4) is 0 Å². The molecule has 2 fully saturated rings. The van der Waals surface area contributed by atoms with E-state index in [1.165, 1.54) is 16.8 Å². The van der Waals surface area contributed by atoms with Gasteiger partial charge in [0.15, 0.2) is 6.23 Å². The highest BCUT2D eigenvalue weighted by atomic mass is 35.5. The zero-order chi connectivity index (χ0) is 14.0. The van der Waals surface area contributed by atoms with Crippen LogP contribution in [0, 0.1) is 0 Å². The van der Waals surface area contributed by atoms with Crippen molar-refractivity contribution in [2.24, 2.45) is 0 Å². The lowest BCUT2D eigenvalue weighted by Gasteiger charge is -2.22. The van der Waals surface area contributed by atoms with Gasteiger partial charge in [0.1, 0.15) is 28.5 Å². The highest BCUT2D eigenvalue weighted by molar-refractivity contribution is 6.22. The number of aliphatic hydroxyl groups is 2. The maximum absolute atomic E-state index is 11.8. The summed E-state index contributed by atoms with van der Waals surface area (Å²) in [6.45, 7) is 1.77. The molecule has 0 amide bonds. The second-order valence-corrected chi connectivity index (χ2v) is 5.39. The van der Waals surface area contributed by atoms with Crippen LogP contribution in [0.5, 0.6) is 0 Å². The Hall–Kier alpha value is -1.15. The molecule has 1 unspecified atom stereocenters. The van der Waals surface area contributed by atoms with Crippen molar-refractivity contribution in [2.45, 2.75) is 42.3 Å². The highest BCUT2D eigenvalue weighted by Crippen LogP contribution is 2.65. The average Bonchev–Trinajstić information content (AvgIpc) is 2.73. The predicted octanol–water partition coefficient (Wildman–Crippen LogP) is -0.784. The predicted molar refractivity (Wildman–Crippen MR) is 66.7 cm³/mol. The molecule has 1 aromatic heterocycles. The first kappa shape index (κ1) is 12.9. The van der Waals surface area contributed by atoms with E-state index < -0.39 is 34.6 Å². The van der Waals surface area contributed by atoms with Crippen LogP contribution in [-0.4, -0.2) is 42.4 Å². The Morgan fingerprint density at radius 3 is 2.89 bits per heavy atom. The summed E-state index contributed by atoms with van der Waals surface area (Å²) in [7, 11) is 0. The van der Waals surface area contributed by atoms with Crippen LogP contribution in [0.25, 0.3) is 0 Å². The van der Waals surface area contributed by atoms with E-state index >= 15 is 0 Å². The first-order valence-corrected chi connectivity index (χ1v) is 6.39. The molecule has 7 nitrogen and oxygen atoms in total. The van der Waals surface area contributed by atoms with Crippen molar-refractivity contribution < 1.29 is 14.9 Å². The van der Waals surface area contributed by atoms with E-state index in [0.717, 1.165) is 0 Å². The normalized spacial score (nSPS) is 44.1. The Bertz CT molecular complexity index is 590. The number of aromatic nitrogens is 2. The standard InChI is InChI=1S/C11H14ClN3O4/c1-2-10-8(16)11(10,18)6(12)7(19-10)15-4-3-5(13)14-9(15)17/h3-4,6-8,16,18H,2H2,1H3,(H2,13,14,17)/t6-,7+,8?,10+,11+/m0/s1. The van der Waals surface area contributed by atoms with Gasteiger partial charge < -0.3 is 20.7 Å². The summed E-state index contributed by atoms with van der Waals surface area (Å²) in [6, 6.07) is 1.44. The van der Waals surface area contributed by atoms with Crippen LogP contribution in [0.4, 0.5) is 5.82 Å². The van der Waals surface area contributed by atoms with Crippen LogP contribution in [-0.2, 0) is 4.74 Å². The first-order chi connectivity index (χ1) is 8.88. The molecule has 19 heavy (non-hydrogen) atoms. The summed E-state index contributed by atoms with van der Waals surface area (Å²) in [5.41, 5.74) is 2.16. The van der Waals surface area contributed by atoms with Crippen LogP contribution in [0.3, 0.4) is 0 Å². The van der Waals surface area contributed by atoms with Crippen molar-refractivity contribution in [1.82, 2.24) is 9.55 Å². The lowest BCUT2D eigenvalue weighted by Crippen LogP contribution is -2.37. The number of anilines is 1. The molecule has 1 aromatic rings. The fraction of sp³-hybridized carbons (Fsp3) is 0.636. The molecule has 5 atom stereocenters. The van der Waals surface area contributed by atoms with Gasteiger partial charge in [0.05, 0.1) is 0 Å². The van der Waals surface area contributed by atoms with Crippen molar-refractivity contribution in [2.75, 3.05) is 5.73 Å². The maximum atomic E-state index is 11.8. The van der Waals surface area contributed by atoms with E-state index in [1.54, 1.807) is 6.92 Å². The first-order valence-electron chi connectivity index (χ1n) is 5.95. The van der Waals surface area contributed by atoms with Crippen molar-refractivity contribution >= 4 is 17.4 Å². The Balaban J connectivity index is 2.00. The number of rotatable bonds is 2. The number of halogens is 1. The SMILES string of the molecule is CC[C@]12O[C@@H](n3ccc(N)nc3=O)[C@H](Cl)[C@@]1(O)C2O. The van der Waals surface area contributed by atoms with Crippen molar-refractivity contribution in [3.63, 3.8) is 0 Å². The summed E-state index contributed by atoms with van der Waals surface area (Å²) < 4.78 is 6.83. The molecule has 3 rings (SSSR count). The second-order valence-electron chi connectivity index (χ2n) is 4.92. The van der Waals surface area contributed by atoms with Gasteiger partial charge in [0, 0.05) is 6.20 Å². The molecule has 1 saturated heterocycles. The van der Waals surface area contributed by atoms with E-state index in [2.05, 4.69) is 4.98 Å². The Kier molecular flexibility index (Phi) is 2.50. The van der Waals surface area contributed by atoms with Crippen LogP contribution in [0.2, 0.25) is 0 Å². The van der Waals surface area contributed by atoms with Gasteiger partial charge in [-0.3, -0.25) is 4.57 Å². The summed E-state index contributed by atoms with van der Waals surface area (Å²) >= 11 is 6.17. The van der Waals surface area contributed by atoms with Gasteiger partial charge in [-0.1, -0.05) is 6.92 Å². The topological polar surface area (TPSA) is 111 Å². The fourth-order valence-electron chi connectivity index (χ4n) is 2.91. The third-order valence-corrected chi connectivity index (χ3v) is 4.65. The molecule has 0 bridgehead atoms. The molecule has 2 heterocycles. The molecule has 2 aliphatic rings. The summed E-state index contributed by atoms with van der Waals surface area (Å²) in [5.74, 6) is 0.0967. The Labute approximate surface area is 113 Å². The van der Waals surface area contributed by atoms with E-state index in [4.69, 9.17) is 22.1 Å². The van der Waals surface area contributed by atoms with Crippen molar-refractivity contribution in [3.05, 3.63) is 22.7 Å². The van der Waals surface area contributed by atoms with Crippen molar-refractivity contribution in [1.29, 1.82) is 0 Å². The summed E-state index contributed by atoms with van der Waals surface area (Å²) in [6.07, 6.45) is -0.118. The van der Waals surface area contributed by atoms with E-state index in [-0.39, 0.29) is 5.82 Å². The number of nitrogens with two attached hydrogens (primary N) is 1. The maximum Gasteiger partial charge on any atom is 0.351 e. The molecule has 8 heteroatoms. The number of nitrogen functional groups attached to an aromatic ring is 1. The van der Waals surface area contributed by atoms with Gasteiger partial charge in [-0.05, 0) is 12.5 Å². The third-order valence-electron chi connectivity index (χ3n) is 4.11. The lowest BCUT2D eigenvalue weighted by atomic mass is 10.1. The molecule has 104 valence electrons. The zero-order valence-corrected chi connectivity index (χ0v) is 10.9. The smallest absolute Gasteiger partial charge is 0.351 e. The van der Waals surface area contributed by atoms with Gasteiger partial charge in [-0.25, -0.2) is 4.79 Å². The molecule has 1 aliphatic heterocycles. The lowest BCUT2D eigenvalue weighted by molar-refractivity contribution is -0.0681. The van der Waals surface area contributed by atoms with Gasteiger partial charge in [0.2, 0.25) is 0 Å². The van der Waals surface area contributed by atoms with Gasteiger partial charge in [-0.15, -0.1) is 11.6 Å². The minimum absolute atomic E-state index is 0.0967. The fourth-order valence-corrected chi connectivity index (χ4v) is 3.38. The van der Waals surface area contributed by atoms with Crippen LogP contribution in [0.15, 0.2) is 17.1 Å². The summed E-state index contributed by atoms with van der Waals surface area (Å²) in [4.78, 5) is 15.3. The van der Waals surface area contributed by atoms with Gasteiger partial charge in [-0.2, -0.15) is 4.98 Å². The minimum Gasteiger partial charge on any atom is -0.387 e. The van der Waals surface area contributed by atoms with Gasteiger partial charge in [0.25, 0.3) is 0 Å². The van der Waals surface area contributed by atoms with E-state index in [9.17, 15) is 15.0 Å². The number of hydrogen-bond donors (Lipinski definition) is 3. The number of fused-ring (bicyclic) bond motifs is 1. The molecule has 0 spiro atoms. The molecule has 1 aliphatic carbocycles. The van der Waals surface area contributed by atoms with Crippen LogP contribution in [0.1, 0.15) is 19.6 Å². The van der Waals surface area contributed by atoms with E-state index in [0.29, 0.717) is 6.42 Å². The number of hydrogen-bond acceptors (Lipinski definition) is 6. The molecular formula is C11H14ClN3O4. The molecule has 1 saturated carbocycles. The van der Waals surface area contributed by atoms with Gasteiger partial charge >= 0.3 is 5.69 Å². The number of ether oxygens (including phenoxy) is 1. The quantitative estimate of drug-likeness (QED) is 0.615. The van der Waals surface area contributed by atoms with Crippen LogP contribution < -0.4 is 11.4 Å². The zero-order valence-electron chi connectivity index (χ0n) is 10.2. The third kappa shape index (κ3) is 1.33. The Morgan fingerprint density at radius 2 is 2.37 bits per heavy atom. The molecule has 0 radical (unpaired) electrons. The molecular weight excluding hydrogens is 274 g/mol. The number of alkyl halides is 1. The minimum atomic E-state index is -1.53. The highest BCUT2D eigenvalue weighted by Gasteiger charge is 2.86. The summed E-state index contributed by atoms with van der Waals surface area (Å²) in [5, 5.41) is 19.2. The van der Waals surface area contributed by atoms with E-state index in [1.807, 2.05) is 0 Å². The number of nitrogens with zero attached hydrogens (tertiary/aromatic N) is 2. The molecule has 4 N–H and O–H groups in total. The average molecular weight is 288 g/mol. The second kappa shape index (κ2) is 3.69.